The number of carboxylic acid groups (broad SMARTS) is 1. The second kappa shape index (κ2) is 2.97. The van der Waals surface area contributed by atoms with Gasteiger partial charge >= 0.3 is 5.97 Å². The van der Waals surface area contributed by atoms with E-state index >= 15 is 0 Å². The van der Waals surface area contributed by atoms with Crippen molar-refractivity contribution in [3.05, 3.63) is 11.3 Å². The van der Waals surface area contributed by atoms with Gasteiger partial charge in [0.05, 0.1) is 0 Å². The van der Waals surface area contributed by atoms with Gasteiger partial charge in [0.1, 0.15) is 5.70 Å². The predicted molar refractivity (Wildman–Crippen MR) is 42.3 cm³/mol. The SMILES string of the molecule is CC(C)=C(C(=O)O)N1CCC1=O. The molecule has 1 saturated heterocycles. The first-order chi connectivity index (χ1) is 5.54. The van der Waals surface area contributed by atoms with Crippen LogP contribution >= 0.6 is 0 Å². The lowest BCUT2D eigenvalue weighted by atomic mass is 10.1. The van der Waals surface area contributed by atoms with Crippen LogP contribution in [0, 0.1) is 0 Å². The van der Waals surface area contributed by atoms with E-state index in [1.54, 1.807) is 13.8 Å². The fraction of sp³-hybridized carbons (Fsp3) is 0.500. The Morgan fingerprint density at radius 1 is 1.50 bits per heavy atom. The van der Waals surface area contributed by atoms with Gasteiger partial charge in [0.15, 0.2) is 0 Å². The highest BCUT2D eigenvalue weighted by Gasteiger charge is 2.31. The Morgan fingerprint density at radius 2 is 2.08 bits per heavy atom. The number of allylic oxidation sites excluding steroid dienone is 1. The number of carbonyl (C=O) groups is 2. The molecule has 1 aliphatic heterocycles. The average molecular weight is 169 g/mol. The van der Waals surface area contributed by atoms with Gasteiger partial charge in [0, 0.05) is 13.0 Å². The molecule has 0 aromatic heterocycles. The summed E-state index contributed by atoms with van der Waals surface area (Å²) in [4.78, 5) is 22.9. The number of nitrogens with zero attached hydrogens (tertiary/aromatic N) is 1. The van der Waals surface area contributed by atoms with Crippen molar-refractivity contribution >= 4 is 11.9 Å². The molecule has 1 aliphatic rings. The number of hydrogen-bond acceptors (Lipinski definition) is 2. The third kappa shape index (κ3) is 1.32. The molecule has 12 heavy (non-hydrogen) atoms. The highest BCUT2D eigenvalue weighted by Crippen LogP contribution is 2.19. The maximum Gasteiger partial charge on any atom is 0.352 e. The van der Waals surface area contributed by atoms with Crippen LogP contribution in [0.1, 0.15) is 20.3 Å². The summed E-state index contributed by atoms with van der Waals surface area (Å²) in [5, 5.41) is 8.75. The number of hydrogen-bond donors (Lipinski definition) is 1. The largest absolute Gasteiger partial charge is 0.477 e. The summed E-state index contributed by atoms with van der Waals surface area (Å²) in [5.41, 5.74) is 0.793. The molecule has 4 heteroatoms. The summed E-state index contributed by atoms with van der Waals surface area (Å²) in [6.07, 6.45) is 0.462. The van der Waals surface area contributed by atoms with E-state index < -0.39 is 5.97 Å². The quantitative estimate of drug-likeness (QED) is 0.486. The minimum atomic E-state index is -1.02. The summed E-state index contributed by atoms with van der Waals surface area (Å²) in [5.74, 6) is -1.13. The maximum absolute atomic E-state index is 10.9. The molecule has 0 aromatic rings. The average Bonchev–Trinajstić information content (AvgIpc) is 1.95. The molecular weight excluding hydrogens is 158 g/mol. The van der Waals surface area contributed by atoms with Gasteiger partial charge in [0.25, 0.3) is 0 Å². The van der Waals surface area contributed by atoms with Crippen LogP contribution < -0.4 is 0 Å². The van der Waals surface area contributed by atoms with Gasteiger partial charge in [-0.25, -0.2) is 4.79 Å². The van der Waals surface area contributed by atoms with Crippen LogP contribution in [0.3, 0.4) is 0 Å². The molecule has 0 saturated carbocycles. The Hall–Kier alpha value is -1.32. The van der Waals surface area contributed by atoms with Gasteiger partial charge in [-0.15, -0.1) is 0 Å². The van der Waals surface area contributed by atoms with Gasteiger partial charge in [0.2, 0.25) is 5.91 Å². The van der Waals surface area contributed by atoms with Crippen LogP contribution in [0.5, 0.6) is 0 Å². The number of carboxylic acids is 1. The molecule has 1 heterocycles. The lowest BCUT2D eigenvalue weighted by molar-refractivity contribution is -0.144. The molecule has 0 spiro atoms. The first-order valence-electron chi connectivity index (χ1n) is 3.75. The van der Waals surface area contributed by atoms with Gasteiger partial charge in [-0.05, 0) is 19.4 Å². The minimum Gasteiger partial charge on any atom is -0.477 e. The van der Waals surface area contributed by atoms with E-state index in [0.29, 0.717) is 18.5 Å². The van der Waals surface area contributed by atoms with E-state index in [1.165, 1.54) is 4.90 Å². The van der Waals surface area contributed by atoms with Crippen molar-refractivity contribution < 1.29 is 14.7 Å². The summed E-state index contributed by atoms with van der Waals surface area (Å²) < 4.78 is 0. The van der Waals surface area contributed by atoms with Crippen molar-refractivity contribution in [2.45, 2.75) is 20.3 Å². The van der Waals surface area contributed by atoms with Crippen LogP contribution in [0.2, 0.25) is 0 Å². The molecule has 0 aliphatic carbocycles. The third-order valence-corrected chi connectivity index (χ3v) is 1.80. The summed E-state index contributed by atoms with van der Waals surface area (Å²) >= 11 is 0. The zero-order valence-corrected chi connectivity index (χ0v) is 7.13. The molecule has 1 N–H and O–H groups in total. The molecule has 0 bridgehead atoms. The van der Waals surface area contributed by atoms with E-state index in [0.717, 1.165) is 0 Å². The van der Waals surface area contributed by atoms with Gasteiger partial charge in [-0.3, -0.25) is 4.79 Å². The van der Waals surface area contributed by atoms with Crippen LogP contribution in [-0.2, 0) is 9.59 Å². The summed E-state index contributed by atoms with van der Waals surface area (Å²) in [7, 11) is 0. The van der Waals surface area contributed by atoms with Gasteiger partial charge in [-0.1, -0.05) is 0 Å². The molecule has 66 valence electrons. The smallest absolute Gasteiger partial charge is 0.352 e. The third-order valence-electron chi connectivity index (χ3n) is 1.80. The fourth-order valence-corrected chi connectivity index (χ4v) is 1.15. The van der Waals surface area contributed by atoms with E-state index in [9.17, 15) is 9.59 Å². The lowest BCUT2D eigenvalue weighted by Crippen LogP contribution is -2.44. The van der Waals surface area contributed by atoms with E-state index in [-0.39, 0.29) is 11.6 Å². The van der Waals surface area contributed by atoms with Crippen LogP contribution in [0.4, 0.5) is 0 Å². The predicted octanol–water partition coefficient (Wildman–Crippen LogP) is 0.597. The summed E-state index contributed by atoms with van der Waals surface area (Å²) in [6, 6.07) is 0. The molecule has 1 rings (SSSR count). The molecule has 0 radical (unpaired) electrons. The molecular formula is C8H11NO3. The molecule has 1 amide bonds. The van der Waals surface area contributed by atoms with E-state index in [4.69, 9.17) is 5.11 Å². The standard InChI is InChI=1S/C8H11NO3/c1-5(2)7(8(11)12)9-4-3-6(9)10/h3-4H2,1-2H3,(H,11,12). The zero-order chi connectivity index (χ0) is 9.30. The Balaban J connectivity index is 2.88. The number of β-lactam (4-membered cyclic amide) rings is 1. The van der Waals surface area contributed by atoms with Crippen molar-refractivity contribution in [2.24, 2.45) is 0 Å². The highest BCUT2D eigenvalue weighted by atomic mass is 16.4. The minimum absolute atomic E-state index is 0.103. The molecule has 0 atom stereocenters. The van der Waals surface area contributed by atoms with Crippen molar-refractivity contribution in [1.29, 1.82) is 0 Å². The Morgan fingerprint density at radius 3 is 2.17 bits per heavy atom. The Bertz CT molecular complexity index is 263. The van der Waals surface area contributed by atoms with Crippen molar-refractivity contribution in [3.63, 3.8) is 0 Å². The first kappa shape index (κ1) is 8.77. The molecule has 0 aromatic carbocycles. The number of carbonyl (C=O) groups excluding carboxylic acids is 1. The number of aliphatic carboxylic acids is 1. The van der Waals surface area contributed by atoms with E-state index in [2.05, 4.69) is 0 Å². The normalized spacial score (nSPS) is 15.5. The number of rotatable bonds is 2. The van der Waals surface area contributed by atoms with Crippen LogP contribution in [-0.4, -0.2) is 28.4 Å². The fourth-order valence-electron chi connectivity index (χ4n) is 1.15. The zero-order valence-electron chi connectivity index (χ0n) is 7.13. The topological polar surface area (TPSA) is 57.6 Å². The second-order valence-electron chi connectivity index (χ2n) is 2.95. The lowest BCUT2D eigenvalue weighted by Gasteiger charge is -2.31. The van der Waals surface area contributed by atoms with Crippen molar-refractivity contribution in [1.82, 2.24) is 4.90 Å². The number of amides is 1. The maximum atomic E-state index is 10.9. The first-order valence-corrected chi connectivity index (χ1v) is 3.75. The van der Waals surface area contributed by atoms with Crippen LogP contribution in [0.15, 0.2) is 11.3 Å². The van der Waals surface area contributed by atoms with Gasteiger partial charge < -0.3 is 10.0 Å². The molecule has 1 fully saturated rings. The summed E-state index contributed by atoms with van der Waals surface area (Å²) in [6.45, 7) is 3.91. The van der Waals surface area contributed by atoms with E-state index in [1.807, 2.05) is 0 Å². The molecule has 4 nitrogen and oxygen atoms in total. The highest BCUT2D eigenvalue weighted by molar-refractivity contribution is 5.95. The Labute approximate surface area is 70.5 Å². The van der Waals surface area contributed by atoms with Gasteiger partial charge in [-0.2, -0.15) is 0 Å². The Kier molecular flexibility index (Phi) is 2.17. The van der Waals surface area contributed by atoms with Crippen molar-refractivity contribution in [2.75, 3.05) is 6.54 Å². The second-order valence-corrected chi connectivity index (χ2v) is 2.95. The van der Waals surface area contributed by atoms with Crippen molar-refractivity contribution in [3.8, 4) is 0 Å². The van der Waals surface area contributed by atoms with Crippen LogP contribution in [0.25, 0.3) is 0 Å². The monoisotopic (exact) mass is 169 g/mol. The molecule has 0 unspecified atom stereocenters. The number of likely N-dealkylation sites (tertiary alicyclic amines) is 1.